The van der Waals surface area contributed by atoms with E-state index in [4.69, 9.17) is 5.73 Å². The Kier molecular flexibility index (Phi) is 2.70. The summed E-state index contributed by atoms with van der Waals surface area (Å²) in [6.45, 7) is 0. The molecule has 0 spiro atoms. The quantitative estimate of drug-likeness (QED) is 0.863. The van der Waals surface area contributed by atoms with Crippen LogP contribution in [0.2, 0.25) is 0 Å². The Morgan fingerprint density at radius 3 is 2.85 bits per heavy atom. The van der Waals surface area contributed by atoms with Crippen molar-refractivity contribution in [3.8, 4) is 0 Å². The van der Waals surface area contributed by atoms with Crippen LogP contribution in [-0.4, -0.2) is 6.04 Å². The topological polar surface area (TPSA) is 26.0 Å². The molecule has 2 unspecified atom stereocenters. The van der Waals surface area contributed by atoms with Crippen molar-refractivity contribution in [3.63, 3.8) is 0 Å². The molecule has 1 aromatic carbocycles. The molecule has 1 saturated carbocycles. The third-order valence-corrected chi connectivity index (χ3v) is 3.16. The highest BCUT2D eigenvalue weighted by molar-refractivity contribution is 9.10. The van der Waals surface area contributed by atoms with Gasteiger partial charge in [0.05, 0.1) is 0 Å². The molecule has 1 nitrogen and oxygen atoms in total. The minimum Gasteiger partial charge on any atom is -0.327 e. The van der Waals surface area contributed by atoms with Crippen molar-refractivity contribution in [2.75, 3.05) is 0 Å². The van der Waals surface area contributed by atoms with Crippen LogP contribution >= 0.6 is 15.9 Å². The first-order valence-electron chi connectivity index (χ1n) is 4.76. The summed E-state index contributed by atoms with van der Waals surface area (Å²) >= 11 is 3.47. The maximum atomic E-state index is 5.75. The molecule has 70 valence electrons. The lowest BCUT2D eigenvalue weighted by Crippen LogP contribution is -2.02. The van der Waals surface area contributed by atoms with Crippen LogP contribution in [0.1, 0.15) is 18.4 Å². The van der Waals surface area contributed by atoms with Crippen molar-refractivity contribution in [2.24, 2.45) is 11.7 Å². The molecule has 1 aliphatic rings. The molecule has 13 heavy (non-hydrogen) atoms. The molecule has 2 N–H and O–H groups in total. The molecule has 0 aliphatic heterocycles. The largest absolute Gasteiger partial charge is 0.327 e. The summed E-state index contributed by atoms with van der Waals surface area (Å²) in [4.78, 5) is 0. The van der Waals surface area contributed by atoms with Crippen molar-refractivity contribution >= 4 is 15.9 Å². The molecule has 2 rings (SSSR count). The first kappa shape index (κ1) is 9.22. The van der Waals surface area contributed by atoms with Crippen LogP contribution in [-0.2, 0) is 6.42 Å². The summed E-state index contributed by atoms with van der Waals surface area (Å²) in [5.74, 6) is 0.791. The Bertz CT molecular complexity index is 298. The highest BCUT2D eigenvalue weighted by Gasteiger charge is 2.32. The number of nitrogens with two attached hydrogens (primary N) is 1. The highest BCUT2D eigenvalue weighted by atomic mass is 79.9. The average Bonchev–Trinajstić information content (AvgIpc) is 2.79. The van der Waals surface area contributed by atoms with Crippen LogP contribution in [0.5, 0.6) is 0 Å². The third-order valence-electron chi connectivity index (χ3n) is 2.67. The fraction of sp³-hybridized carbons (Fsp3) is 0.455. The van der Waals surface area contributed by atoms with Gasteiger partial charge in [-0.25, -0.2) is 0 Å². The predicted octanol–water partition coefficient (Wildman–Crippen LogP) is 2.73. The van der Waals surface area contributed by atoms with Crippen molar-refractivity contribution in [3.05, 3.63) is 34.3 Å². The number of benzene rings is 1. The molecule has 0 amide bonds. The second-order valence-electron chi connectivity index (χ2n) is 3.83. The zero-order chi connectivity index (χ0) is 9.26. The van der Waals surface area contributed by atoms with Gasteiger partial charge in [0.25, 0.3) is 0 Å². The zero-order valence-corrected chi connectivity index (χ0v) is 9.13. The fourth-order valence-electron chi connectivity index (χ4n) is 1.65. The predicted molar refractivity (Wildman–Crippen MR) is 58.5 cm³/mol. The van der Waals surface area contributed by atoms with Gasteiger partial charge < -0.3 is 5.73 Å². The van der Waals surface area contributed by atoms with E-state index < -0.39 is 0 Å². The molecular formula is C11H14BrN. The van der Waals surface area contributed by atoms with Crippen molar-refractivity contribution in [1.29, 1.82) is 0 Å². The van der Waals surface area contributed by atoms with Crippen LogP contribution in [0.4, 0.5) is 0 Å². The van der Waals surface area contributed by atoms with E-state index in [1.165, 1.54) is 22.9 Å². The van der Waals surface area contributed by atoms with E-state index in [0.717, 1.165) is 12.3 Å². The summed E-state index contributed by atoms with van der Waals surface area (Å²) in [6.07, 6.45) is 3.64. The van der Waals surface area contributed by atoms with Gasteiger partial charge in [-0.2, -0.15) is 0 Å². The van der Waals surface area contributed by atoms with Gasteiger partial charge in [0.15, 0.2) is 0 Å². The molecule has 2 atom stereocenters. The zero-order valence-electron chi connectivity index (χ0n) is 7.54. The molecule has 0 bridgehead atoms. The SMILES string of the molecule is NC1CC1CCc1cccc(Br)c1. The smallest absolute Gasteiger partial charge is 0.0177 e. The Balaban J connectivity index is 1.87. The van der Waals surface area contributed by atoms with E-state index in [2.05, 4.69) is 40.2 Å². The molecule has 1 aromatic rings. The summed E-state index contributed by atoms with van der Waals surface area (Å²) in [5, 5.41) is 0. The standard InChI is InChI=1S/C11H14BrN/c12-10-3-1-2-8(6-10)4-5-9-7-11(9)13/h1-3,6,9,11H,4-5,7,13H2. The van der Waals surface area contributed by atoms with Crippen molar-refractivity contribution in [1.82, 2.24) is 0 Å². The molecule has 0 saturated heterocycles. The molecule has 0 aromatic heterocycles. The molecule has 1 fully saturated rings. The third kappa shape index (κ3) is 2.55. The van der Waals surface area contributed by atoms with Crippen LogP contribution < -0.4 is 5.73 Å². The maximum Gasteiger partial charge on any atom is 0.0177 e. The second kappa shape index (κ2) is 3.81. The lowest BCUT2D eigenvalue weighted by Gasteiger charge is -2.00. The van der Waals surface area contributed by atoms with E-state index in [-0.39, 0.29) is 0 Å². The van der Waals surface area contributed by atoms with Gasteiger partial charge in [0.2, 0.25) is 0 Å². The fourth-order valence-corrected chi connectivity index (χ4v) is 2.09. The van der Waals surface area contributed by atoms with E-state index in [0.29, 0.717) is 6.04 Å². The van der Waals surface area contributed by atoms with Crippen molar-refractivity contribution in [2.45, 2.75) is 25.3 Å². The Morgan fingerprint density at radius 2 is 2.23 bits per heavy atom. The molecule has 2 heteroatoms. The van der Waals surface area contributed by atoms with Gasteiger partial charge in [0.1, 0.15) is 0 Å². The van der Waals surface area contributed by atoms with Gasteiger partial charge in [-0.3, -0.25) is 0 Å². The lowest BCUT2D eigenvalue weighted by atomic mass is 10.1. The molecule has 0 heterocycles. The van der Waals surface area contributed by atoms with E-state index in [1.807, 2.05) is 0 Å². The molecule has 0 radical (unpaired) electrons. The minimum atomic E-state index is 0.493. The Hall–Kier alpha value is -0.340. The summed E-state index contributed by atoms with van der Waals surface area (Å²) in [6, 6.07) is 9.01. The van der Waals surface area contributed by atoms with E-state index in [1.54, 1.807) is 0 Å². The molecular weight excluding hydrogens is 226 g/mol. The Labute approximate surface area is 87.5 Å². The van der Waals surface area contributed by atoms with Crippen LogP contribution in [0.25, 0.3) is 0 Å². The highest BCUT2D eigenvalue weighted by Crippen LogP contribution is 2.32. The first-order chi connectivity index (χ1) is 6.25. The lowest BCUT2D eigenvalue weighted by molar-refractivity contribution is 0.699. The molecule has 1 aliphatic carbocycles. The number of halogens is 1. The summed E-state index contributed by atoms with van der Waals surface area (Å²) < 4.78 is 1.17. The summed E-state index contributed by atoms with van der Waals surface area (Å²) in [5.41, 5.74) is 7.16. The van der Waals surface area contributed by atoms with Crippen LogP contribution in [0.3, 0.4) is 0 Å². The van der Waals surface area contributed by atoms with Crippen LogP contribution in [0, 0.1) is 5.92 Å². The normalized spacial score (nSPS) is 26.0. The van der Waals surface area contributed by atoms with Gasteiger partial charge in [-0.15, -0.1) is 0 Å². The number of hydrogen-bond donors (Lipinski definition) is 1. The van der Waals surface area contributed by atoms with Gasteiger partial charge in [-0.05, 0) is 42.9 Å². The van der Waals surface area contributed by atoms with Crippen molar-refractivity contribution < 1.29 is 0 Å². The van der Waals surface area contributed by atoms with Gasteiger partial charge >= 0.3 is 0 Å². The van der Waals surface area contributed by atoms with E-state index in [9.17, 15) is 0 Å². The first-order valence-corrected chi connectivity index (χ1v) is 5.55. The number of rotatable bonds is 3. The van der Waals surface area contributed by atoms with Gasteiger partial charge in [0, 0.05) is 10.5 Å². The minimum absolute atomic E-state index is 0.493. The maximum absolute atomic E-state index is 5.75. The Morgan fingerprint density at radius 1 is 1.46 bits per heavy atom. The average molecular weight is 240 g/mol. The summed E-state index contributed by atoms with van der Waals surface area (Å²) in [7, 11) is 0. The second-order valence-corrected chi connectivity index (χ2v) is 4.74. The van der Waals surface area contributed by atoms with Gasteiger partial charge in [-0.1, -0.05) is 28.1 Å². The van der Waals surface area contributed by atoms with Crippen LogP contribution in [0.15, 0.2) is 28.7 Å². The van der Waals surface area contributed by atoms with E-state index >= 15 is 0 Å². The number of hydrogen-bond acceptors (Lipinski definition) is 1. The number of aryl methyl sites for hydroxylation is 1. The monoisotopic (exact) mass is 239 g/mol.